The number of ether oxygens (including phenoxy) is 2. The van der Waals surface area contributed by atoms with Gasteiger partial charge >= 0.3 is 0 Å². The number of rotatable bonds is 7. The molecule has 1 unspecified atom stereocenters. The maximum atomic E-state index is 12.4. The van der Waals surface area contributed by atoms with E-state index in [9.17, 15) is 4.79 Å². The van der Waals surface area contributed by atoms with Gasteiger partial charge in [-0.15, -0.1) is 0 Å². The lowest BCUT2D eigenvalue weighted by atomic mass is 10.2. The second-order valence-electron chi connectivity index (χ2n) is 7.35. The molecule has 0 aliphatic carbocycles. The first-order valence-corrected chi connectivity index (χ1v) is 10.7. The predicted octanol–water partition coefficient (Wildman–Crippen LogP) is 3.82. The van der Waals surface area contributed by atoms with Gasteiger partial charge in [0.25, 0.3) is 5.91 Å². The molecule has 0 bridgehead atoms. The Bertz CT molecular complexity index is 834. The summed E-state index contributed by atoms with van der Waals surface area (Å²) in [6, 6.07) is 15.1. The number of thiocarbonyl (C=S) groups is 1. The molecule has 7 heteroatoms. The lowest BCUT2D eigenvalue weighted by Gasteiger charge is -2.26. The first-order chi connectivity index (χ1) is 14.5. The number of carbonyl (C=O) groups excluding carboxylic acids is 1. The molecule has 2 aromatic carbocycles. The van der Waals surface area contributed by atoms with Crippen molar-refractivity contribution in [3.63, 3.8) is 0 Å². The molecular formula is C23H29N3O3S. The third kappa shape index (κ3) is 6.79. The van der Waals surface area contributed by atoms with Crippen molar-refractivity contribution in [1.82, 2.24) is 10.2 Å². The van der Waals surface area contributed by atoms with Crippen LogP contribution in [-0.4, -0.2) is 48.3 Å². The van der Waals surface area contributed by atoms with E-state index in [0.717, 1.165) is 50.7 Å². The minimum absolute atomic E-state index is 0.140. The van der Waals surface area contributed by atoms with Crippen LogP contribution in [0.3, 0.4) is 0 Å². The Kier molecular flexibility index (Phi) is 8.19. The van der Waals surface area contributed by atoms with E-state index < -0.39 is 0 Å². The molecule has 0 aromatic heterocycles. The molecule has 6 nitrogen and oxygen atoms in total. The molecule has 1 aliphatic rings. The Morgan fingerprint density at radius 2 is 1.80 bits per heavy atom. The normalized spacial score (nSPS) is 15.3. The minimum Gasteiger partial charge on any atom is -0.491 e. The minimum atomic E-state index is -0.258. The molecule has 1 amide bonds. The molecule has 1 atom stereocenters. The fourth-order valence-corrected chi connectivity index (χ4v) is 3.26. The fourth-order valence-electron chi connectivity index (χ4n) is 3.05. The first-order valence-electron chi connectivity index (χ1n) is 10.3. The van der Waals surface area contributed by atoms with Crippen LogP contribution in [0.5, 0.6) is 5.75 Å². The van der Waals surface area contributed by atoms with Crippen molar-refractivity contribution in [2.75, 3.05) is 31.6 Å². The van der Waals surface area contributed by atoms with E-state index in [4.69, 9.17) is 21.7 Å². The van der Waals surface area contributed by atoms with Crippen molar-refractivity contribution < 1.29 is 14.3 Å². The van der Waals surface area contributed by atoms with Crippen LogP contribution < -0.4 is 15.4 Å². The molecule has 0 spiro atoms. The number of amides is 1. The monoisotopic (exact) mass is 427 g/mol. The Morgan fingerprint density at radius 1 is 1.13 bits per heavy atom. The molecule has 1 heterocycles. The SMILES string of the molecule is CCC(C)Oc1ccc(C(=O)NC(=S)Nc2ccc(CN3CCOCC3)cc2)cc1. The van der Waals surface area contributed by atoms with Crippen molar-refractivity contribution in [3.8, 4) is 5.75 Å². The van der Waals surface area contributed by atoms with Gasteiger partial charge in [0.15, 0.2) is 5.11 Å². The van der Waals surface area contributed by atoms with Crippen LogP contribution >= 0.6 is 12.2 Å². The van der Waals surface area contributed by atoms with E-state index in [0.29, 0.717) is 5.56 Å². The molecule has 0 radical (unpaired) electrons. The lowest BCUT2D eigenvalue weighted by molar-refractivity contribution is 0.0342. The molecule has 3 rings (SSSR count). The van der Waals surface area contributed by atoms with Gasteiger partial charge in [-0.3, -0.25) is 15.0 Å². The number of carbonyl (C=O) groups is 1. The summed E-state index contributed by atoms with van der Waals surface area (Å²) in [5, 5.41) is 6.04. The molecule has 1 fully saturated rings. The zero-order valence-electron chi connectivity index (χ0n) is 17.5. The van der Waals surface area contributed by atoms with Crippen molar-refractivity contribution >= 4 is 28.9 Å². The first kappa shape index (κ1) is 22.2. The molecule has 2 N–H and O–H groups in total. The summed E-state index contributed by atoms with van der Waals surface area (Å²) in [4.78, 5) is 14.8. The second kappa shape index (κ2) is 11.1. The summed E-state index contributed by atoms with van der Waals surface area (Å²) in [7, 11) is 0. The highest BCUT2D eigenvalue weighted by Gasteiger charge is 2.11. The predicted molar refractivity (Wildman–Crippen MR) is 123 cm³/mol. The number of anilines is 1. The summed E-state index contributed by atoms with van der Waals surface area (Å²) in [5.41, 5.74) is 2.59. The highest BCUT2D eigenvalue weighted by Crippen LogP contribution is 2.15. The Morgan fingerprint density at radius 3 is 2.43 bits per heavy atom. The van der Waals surface area contributed by atoms with E-state index in [1.807, 2.05) is 19.1 Å². The topological polar surface area (TPSA) is 62.8 Å². The summed E-state index contributed by atoms with van der Waals surface area (Å²) < 4.78 is 11.1. The molecular weight excluding hydrogens is 398 g/mol. The Hall–Kier alpha value is -2.48. The average molecular weight is 428 g/mol. The van der Waals surface area contributed by atoms with Crippen LogP contribution in [-0.2, 0) is 11.3 Å². The van der Waals surface area contributed by atoms with E-state index in [1.165, 1.54) is 5.56 Å². The van der Waals surface area contributed by atoms with Crippen molar-refractivity contribution in [1.29, 1.82) is 0 Å². The summed E-state index contributed by atoms with van der Waals surface area (Å²) in [6.07, 6.45) is 1.07. The van der Waals surface area contributed by atoms with E-state index in [2.05, 4.69) is 34.6 Å². The van der Waals surface area contributed by atoms with Gasteiger partial charge in [-0.1, -0.05) is 19.1 Å². The van der Waals surface area contributed by atoms with Gasteiger partial charge in [0.1, 0.15) is 5.75 Å². The fraction of sp³-hybridized carbons (Fsp3) is 0.391. The van der Waals surface area contributed by atoms with Gasteiger partial charge in [0, 0.05) is 30.9 Å². The number of hydrogen-bond donors (Lipinski definition) is 2. The molecule has 1 aliphatic heterocycles. The number of benzene rings is 2. The molecule has 30 heavy (non-hydrogen) atoms. The Labute approximate surface area is 183 Å². The number of hydrogen-bond acceptors (Lipinski definition) is 5. The van der Waals surface area contributed by atoms with Crippen LogP contribution in [0.2, 0.25) is 0 Å². The standard InChI is InChI=1S/C23H29N3O3S/c1-3-17(2)29-21-10-6-19(7-11-21)22(27)25-23(30)24-20-8-4-18(5-9-20)16-26-12-14-28-15-13-26/h4-11,17H,3,12-16H2,1-2H3,(H2,24,25,27,30). The maximum Gasteiger partial charge on any atom is 0.257 e. The largest absolute Gasteiger partial charge is 0.491 e. The zero-order valence-corrected chi connectivity index (χ0v) is 18.3. The van der Waals surface area contributed by atoms with Crippen molar-refractivity contribution in [3.05, 3.63) is 59.7 Å². The highest BCUT2D eigenvalue weighted by atomic mass is 32.1. The quantitative estimate of drug-likeness (QED) is 0.655. The molecule has 2 aromatic rings. The van der Waals surface area contributed by atoms with Crippen LogP contribution in [0.25, 0.3) is 0 Å². The lowest BCUT2D eigenvalue weighted by Crippen LogP contribution is -2.35. The maximum absolute atomic E-state index is 12.4. The smallest absolute Gasteiger partial charge is 0.257 e. The van der Waals surface area contributed by atoms with Crippen LogP contribution in [0.1, 0.15) is 36.2 Å². The summed E-state index contributed by atoms with van der Waals surface area (Å²) >= 11 is 5.28. The summed E-state index contributed by atoms with van der Waals surface area (Å²) in [5.74, 6) is 0.491. The van der Waals surface area contributed by atoms with Gasteiger partial charge in [-0.25, -0.2) is 0 Å². The van der Waals surface area contributed by atoms with E-state index in [-0.39, 0.29) is 17.1 Å². The van der Waals surface area contributed by atoms with Gasteiger partial charge < -0.3 is 14.8 Å². The highest BCUT2D eigenvalue weighted by molar-refractivity contribution is 7.80. The Balaban J connectivity index is 1.48. The van der Waals surface area contributed by atoms with Crippen LogP contribution in [0, 0.1) is 0 Å². The van der Waals surface area contributed by atoms with Gasteiger partial charge in [0.2, 0.25) is 0 Å². The molecule has 1 saturated heterocycles. The van der Waals surface area contributed by atoms with Crippen molar-refractivity contribution in [2.24, 2.45) is 0 Å². The third-order valence-electron chi connectivity index (χ3n) is 4.98. The van der Waals surface area contributed by atoms with Gasteiger partial charge in [0.05, 0.1) is 19.3 Å². The van der Waals surface area contributed by atoms with Gasteiger partial charge in [-0.05, 0) is 67.5 Å². The van der Waals surface area contributed by atoms with Gasteiger partial charge in [-0.2, -0.15) is 0 Å². The average Bonchev–Trinajstić information content (AvgIpc) is 2.76. The molecule has 0 saturated carbocycles. The number of morpholine rings is 1. The van der Waals surface area contributed by atoms with Crippen LogP contribution in [0.4, 0.5) is 5.69 Å². The number of nitrogens with zero attached hydrogens (tertiary/aromatic N) is 1. The zero-order chi connectivity index (χ0) is 21.3. The van der Waals surface area contributed by atoms with Crippen molar-refractivity contribution in [2.45, 2.75) is 32.9 Å². The van der Waals surface area contributed by atoms with E-state index in [1.54, 1.807) is 24.3 Å². The van der Waals surface area contributed by atoms with E-state index >= 15 is 0 Å². The third-order valence-corrected chi connectivity index (χ3v) is 5.18. The summed E-state index contributed by atoms with van der Waals surface area (Å²) in [6.45, 7) is 8.49. The second-order valence-corrected chi connectivity index (χ2v) is 7.76. The molecule has 160 valence electrons. The number of nitrogens with one attached hydrogen (secondary N) is 2. The van der Waals surface area contributed by atoms with Crippen LogP contribution in [0.15, 0.2) is 48.5 Å².